The lowest BCUT2D eigenvalue weighted by Crippen LogP contribution is -2.57. The molecule has 3 aliphatic heterocycles. The Kier molecular flexibility index (Phi) is 6.08. The first-order valence-electron chi connectivity index (χ1n) is 11.7. The molecular formula is C23H34N4O4. The molecule has 1 atom stereocenters. The quantitative estimate of drug-likeness (QED) is 0.547. The third-order valence-electron chi connectivity index (χ3n) is 7.38. The van der Waals surface area contributed by atoms with Gasteiger partial charge in [-0.15, -0.1) is 0 Å². The maximum atomic E-state index is 13.3. The number of urea groups is 1. The van der Waals surface area contributed by atoms with Crippen LogP contribution in [0.2, 0.25) is 0 Å². The molecule has 1 spiro atoms. The van der Waals surface area contributed by atoms with Gasteiger partial charge in [0.25, 0.3) is 5.91 Å². The number of hydrogen-bond acceptors (Lipinski definition) is 4. The Balaban J connectivity index is 1.34. The number of piperidine rings is 2. The molecule has 3 saturated heterocycles. The molecule has 1 aliphatic carbocycles. The van der Waals surface area contributed by atoms with E-state index in [1.807, 2.05) is 18.7 Å². The van der Waals surface area contributed by atoms with Crippen molar-refractivity contribution in [1.82, 2.24) is 20.0 Å². The van der Waals surface area contributed by atoms with Crippen molar-refractivity contribution in [2.75, 3.05) is 26.2 Å². The van der Waals surface area contributed by atoms with Crippen molar-refractivity contribution in [3.8, 4) is 0 Å². The normalized spacial score (nSPS) is 26.7. The Morgan fingerprint density at radius 3 is 2.26 bits per heavy atom. The molecule has 3 fully saturated rings. The number of allylic oxidation sites excluding steroid dienone is 2. The summed E-state index contributed by atoms with van der Waals surface area (Å²) in [5.41, 5.74) is -0.883. The number of rotatable bonds is 3. The number of carbonyl (C=O) groups is 4. The lowest BCUT2D eigenvalue weighted by molar-refractivity contribution is -0.142. The molecule has 170 valence electrons. The molecule has 0 aromatic heterocycles. The van der Waals surface area contributed by atoms with Crippen LogP contribution >= 0.6 is 0 Å². The monoisotopic (exact) mass is 430 g/mol. The predicted molar refractivity (Wildman–Crippen MR) is 115 cm³/mol. The molecule has 0 aromatic carbocycles. The fourth-order valence-electron chi connectivity index (χ4n) is 5.41. The Hall–Kier alpha value is -2.38. The van der Waals surface area contributed by atoms with E-state index in [4.69, 9.17) is 0 Å². The second-order valence-electron chi connectivity index (χ2n) is 9.71. The van der Waals surface area contributed by atoms with Crippen molar-refractivity contribution in [3.63, 3.8) is 0 Å². The number of hydrogen-bond donors (Lipinski definition) is 1. The van der Waals surface area contributed by atoms with Crippen LogP contribution in [-0.4, -0.2) is 76.2 Å². The zero-order chi connectivity index (χ0) is 22.2. The summed E-state index contributed by atoms with van der Waals surface area (Å²) in [6, 6.07) is -0.492. The molecule has 4 rings (SSSR count). The summed E-state index contributed by atoms with van der Waals surface area (Å²) >= 11 is 0. The molecule has 1 N–H and O–H groups in total. The van der Waals surface area contributed by atoms with Crippen LogP contribution in [0.3, 0.4) is 0 Å². The first-order valence-corrected chi connectivity index (χ1v) is 11.7. The molecule has 0 bridgehead atoms. The molecule has 8 nitrogen and oxygen atoms in total. The highest BCUT2D eigenvalue weighted by atomic mass is 16.2. The van der Waals surface area contributed by atoms with E-state index >= 15 is 0 Å². The molecule has 8 heteroatoms. The number of imide groups is 1. The van der Waals surface area contributed by atoms with E-state index in [0.717, 1.165) is 19.3 Å². The lowest BCUT2D eigenvalue weighted by Gasteiger charge is -2.39. The van der Waals surface area contributed by atoms with Gasteiger partial charge in [0.05, 0.1) is 0 Å². The minimum absolute atomic E-state index is 0.0697. The van der Waals surface area contributed by atoms with Crippen molar-refractivity contribution in [2.45, 2.75) is 70.4 Å². The van der Waals surface area contributed by atoms with E-state index < -0.39 is 5.54 Å². The van der Waals surface area contributed by atoms with Crippen molar-refractivity contribution in [2.24, 2.45) is 11.8 Å². The average Bonchev–Trinajstić information content (AvgIpc) is 3.03. The van der Waals surface area contributed by atoms with Gasteiger partial charge in [-0.1, -0.05) is 26.0 Å². The van der Waals surface area contributed by atoms with Crippen LogP contribution in [0, 0.1) is 11.8 Å². The van der Waals surface area contributed by atoms with Gasteiger partial charge in [0.2, 0.25) is 11.8 Å². The topological polar surface area (TPSA) is 90.0 Å². The third-order valence-corrected chi connectivity index (χ3v) is 7.38. The van der Waals surface area contributed by atoms with E-state index in [-0.39, 0.29) is 41.6 Å². The van der Waals surface area contributed by atoms with Gasteiger partial charge in [-0.3, -0.25) is 19.3 Å². The highest BCUT2D eigenvalue weighted by Gasteiger charge is 2.54. The van der Waals surface area contributed by atoms with Crippen LogP contribution in [0.15, 0.2) is 12.2 Å². The first-order chi connectivity index (χ1) is 14.8. The van der Waals surface area contributed by atoms with E-state index in [9.17, 15) is 19.2 Å². The lowest BCUT2D eigenvalue weighted by atomic mass is 9.86. The largest absolute Gasteiger partial charge is 0.342 e. The average molecular weight is 431 g/mol. The minimum Gasteiger partial charge on any atom is -0.342 e. The van der Waals surface area contributed by atoms with Crippen LogP contribution in [-0.2, 0) is 14.4 Å². The number of nitrogens with zero attached hydrogens (tertiary/aromatic N) is 3. The van der Waals surface area contributed by atoms with Crippen molar-refractivity contribution < 1.29 is 19.2 Å². The number of amides is 5. The Bertz CT molecular complexity index is 776. The molecule has 0 saturated carbocycles. The van der Waals surface area contributed by atoms with Gasteiger partial charge in [-0.25, -0.2) is 4.79 Å². The summed E-state index contributed by atoms with van der Waals surface area (Å²) in [5, 5.41) is 2.95. The molecule has 0 unspecified atom stereocenters. The Morgan fingerprint density at radius 2 is 1.68 bits per heavy atom. The summed E-state index contributed by atoms with van der Waals surface area (Å²) in [6.45, 7) is 5.90. The number of likely N-dealkylation sites (tertiary alicyclic amines) is 2. The van der Waals surface area contributed by atoms with Crippen molar-refractivity contribution >= 4 is 23.8 Å². The Morgan fingerprint density at radius 1 is 1.00 bits per heavy atom. The zero-order valence-corrected chi connectivity index (χ0v) is 18.6. The molecule has 5 amide bonds. The van der Waals surface area contributed by atoms with E-state index in [1.54, 1.807) is 4.90 Å². The van der Waals surface area contributed by atoms with Gasteiger partial charge in [0.1, 0.15) is 5.54 Å². The highest BCUT2D eigenvalue weighted by Crippen LogP contribution is 2.33. The third kappa shape index (κ3) is 4.08. The SMILES string of the molecule is CC(C)C(=O)N1CCC2(CC1)NC(=O)N(C1CCN(C(=O)[C@H]3CC=CCC3)CC1)C2=O. The summed E-state index contributed by atoms with van der Waals surface area (Å²) in [7, 11) is 0. The van der Waals surface area contributed by atoms with Gasteiger partial charge >= 0.3 is 6.03 Å². The predicted octanol–water partition coefficient (Wildman–Crippen LogP) is 1.90. The highest BCUT2D eigenvalue weighted by molar-refractivity contribution is 6.07. The summed E-state index contributed by atoms with van der Waals surface area (Å²) in [6.07, 6.45) is 9.06. The second-order valence-corrected chi connectivity index (χ2v) is 9.71. The van der Waals surface area contributed by atoms with Gasteiger partial charge in [0, 0.05) is 44.1 Å². The van der Waals surface area contributed by atoms with E-state index in [0.29, 0.717) is 51.9 Å². The van der Waals surface area contributed by atoms with Crippen LogP contribution in [0.25, 0.3) is 0 Å². The molecule has 3 heterocycles. The molecule has 4 aliphatic rings. The summed E-state index contributed by atoms with van der Waals surface area (Å²) < 4.78 is 0. The Labute approximate surface area is 184 Å². The van der Waals surface area contributed by atoms with Crippen molar-refractivity contribution in [3.05, 3.63) is 12.2 Å². The molecule has 0 aromatic rings. The van der Waals surface area contributed by atoms with Crippen LogP contribution < -0.4 is 5.32 Å². The van der Waals surface area contributed by atoms with Gasteiger partial charge in [-0.05, 0) is 44.9 Å². The van der Waals surface area contributed by atoms with Gasteiger partial charge in [0.15, 0.2) is 0 Å². The van der Waals surface area contributed by atoms with Gasteiger partial charge in [-0.2, -0.15) is 0 Å². The van der Waals surface area contributed by atoms with Gasteiger partial charge < -0.3 is 15.1 Å². The maximum absolute atomic E-state index is 13.3. The summed E-state index contributed by atoms with van der Waals surface area (Å²) in [5.74, 6) is 0.140. The van der Waals surface area contributed by atoms with Crippen LogP contribution in [0.4, 0.5) is 4.79 Å². The fraction of sp³-hybridized carbons (Fsp3) is 0.739. The molecular weight excluding hydrogens is 396 g/mol. The maximum Gasteiger partial charge on any atom is 0.325 e. The van der Waals surface area contributed by atoms with Crippen LogP contribution in [0.5, 0.6) is 0 Å². The number of nitrogens with one attached hydrogen (secondary N) is 1. The van der Waals surface area contributed by atoms with E-state index in [1.165, 1.54) is 4.90 Å². The fourth-order valence-corrected chi connectivity index (χ4v) is 5.41. The zero-order valence-electron chi connectivity index (χ0n) is 18.6. The minimum atomic E-state index is -0.883. The number of carbonyl (C=O) groups excluding carboxylic acids is 4. The second kappa shape index (κ2) is 8.63. The standard InChI is InChI=1S/C23H34N4O4/c1-16(2)19(28)26-14-10-23(11-15-26)21(30)27(22(31)24-23)18-8-12-25(13-9-18)20(29)17-6-4-3-5-7-17/h3-4,16-18H,5-15H2,1-2H3,(H,24,31)/t17-/m0/s1. The van der Waals surface area contributed by atoms with Crippen LogP contribution in [0.1, 0.15) is 58.8 Å². The van der Waals surface area contributed by atoms with E-state index in [2.05, 4.69) is 17.5 Å². The summed E-state index contributed by atoms with van der Waals surface area (Å²) in [4.78, 5) is 56.2. The molecule has 0 radical (unpaired) electrons. The van der Waals surface area contributed by atoms with Crippen molar-refractivity contribution in [1.29, 1.82) is 0 Å². The first kappa shape index (κ1) is 21.8. The smallest absolute Gasteiger partial charge is 0.325 e. The molecule has 31 heavy (non-hydrogen) atoms.